The van der Waals surface area contributed by atoms with Crippen molar-refractivity contribution >= 4 is 136 Å². The van der Waals surface area contributed by atoms with Crippen LogP contribution in [0.4, 0.5) is 11.4 Å². The summed E-state index contributed by atoms with van der Waals surface area (Å²) in [7, 11) is 0. The molecule has 8 aromatic carbocycles. The molecule has 0 N–H and O–H groups in total. The SMILES string of the molecule is CC(C)(C)c1ccc(N2B3c4cc5sc6ccccc6c5cc4-n4c5ccc6c7ccccc7oc6c5c5ccc(c3c54)-c3cc4sc5ccccc5c4cc32)cc1. The topological polar surface area (TPSA) is 21.3 Å². The number of anilines is 2. The smallest absolute Gasteiger partial charge is 0.333 e. The van der Waals surface area contributed by atoms with E-state index in [-0.39, 0.29) is 12.3 Å². The molecule has 0 saturated heterocycles. The lowest BCUT2D eigenvalue weighted by Gasteiger charge is -2.42. The van der Waals surface area contributed by atoms with E-state index in [9.17, 15) is 0 Å². The quantitative estimate of drug-likeness (QED) is 0.155. The Morgan fingerprint density at radius 2 is 1.19 bits per heavy atom. The summed E-state index contributed by atoms with van der Waals surface area (Å²) in [5.41, 5.74) is 14.7. The molecule has 2 aliphatic heterocycles. The Hall–Kier alpha value is -6.34. The van der Waals surface area contributed by atoms with Crippen molar-refractivity contribution in [1.29, 1.82) is 0 Å². The van der Waals surface area contributed by atoms with Crippen LogP contribution in [0, 0.1) is 0 Å². The summed E-state index contributed by atoms with van der Waals surface area (Å²) in [6, 6.07) is 55.1. The highest BCUT2D eigenvalue weighted by Gasteiger charge is 2.44. The largest absolute Gasteiger partial charge is 0.455 e. The van der Waals surface area contributed by atoms with Crippen LogP contribution in [-0.4, -0.2) is 11.4 Å². The minimum absolute atomic E-state index is 0.0476. The maximum atomic E-state index is 6.83. The van der Waals surface area contributed by atoms with Crippen LogP contribution in [0.25, 0.3) is 101 Å². The Morgan fingerprint density at radius 1 is 0.534 bits per heavy atom. The molecule has 0 bridgehead atoms. The van der Waals surface area contributed by atoms with Crippen molar-refractivity contribution in [3.05, 3.63) is 151 Å². The number of benzene rings is 8. The van der Waals surface area contributed by atoms with E-state index in [4.69, 9.17) is 4.42 Å². The first kappa shape index (κ1) is 31.7. The van der Waals surface area contributed by atoms with Gasteiger partial charge in [0.2, 0.25) is 0 Å². The molecular weight excluding hydrogens is 744 g/mol. The highest BCUT2D eigenvalue weighted by molar-refractivity contribution is 7.26. The highest BCUT2D eigenvalue weighted by Crippen LogP contribution is 2.50. The Labute approximate surface area is 342 Å². The van der Waals surface area contributed by atoms with Crippen LogP contribution in [0.3, 0.4) is 0 Å². The normalized spacial score (nSPS) is 13.7. The van der Waals surface area contributed by atoms with Gasteiger partial charge in [0.05, 0.1) is 16.4 Å². The molecule has 4 aromatic heterocycles. The van der Waals surface area contributed by atoms with Crippen molar-refractivity contribution in [2.24, 2.45) is 0 Å². The molecule has 3 nitrogen and oxygen atoms in total. The van der Waals surface area contributed by atoms with Gasteiger partial charge in [-0.25, -0.2) is 0 Å². The van der Waals surface area contributed by atoms with E-state index in [1.54, 1.807) is 0 Å². The zero-order valence-corrected chi connectivity index (χ0v) is 33.7. The van der Waals surface area contributed by atoms with Crippen molar-refractivity contribution in [2.45, 2.75) is 26.2 Å². The fraction of sp³-hybridized carbons (Fsp3) is 0.0769. The Bertz CT molecular complexity index is 3800. The number of hydrogen-bond acceptors (Lipinski definition) is 4. The lowest BCUT2D eigenvalue weighted by atomic mass is 9.44. The Balaban J connectivity index is 1.18. The molecule has 0 spiro atoms. The van der Waals surface area contributed by atoms with Crippen LogP contribution in [0.1, 0.15) is 26.3 Å². The monoisotopic (exact) mass is 776 g/mol. The van der Waals surface area contributed by atoms with E-state index in [0.29, 0.717) is 0 Å². The third-order valence-corrected chi connectivity index (χ3v) is 15.4. The predicted octanol–water partition coefficient (Wildman–Crippen LogP) is 14.0. The molecule has 0 unspecified atom stereocenters. The number of furan rings is 1. The second-order valence-electron chi connectivity index (χ2n) is 17.2. The van der Waals surface area contributed by atoms with E-state index in [1.165, 1.54) is 107 Å². The van der Waals surface area contributed by atoms with Crippen molar-refractivity contribution in [2.75, 3.05) is 4.81 Å². The summed E-state index contributed by atoms with van der Waals surface area (Å²) in [5.74, 6) is 0. The third kappa shape index (κ3) is 3.95. The van der Waals surface area contributed by atoms with Gasteiger partial charge in [-0.1, -0.05) is 99.6 Å². The van der Waals surface area contributed by atoms with Crippen LogP contribution in [0.2, 0.25) is 0 Å². The molecule has 0 aliphatic carbocycles. The number of para-hydroxylation sites is 1. The number of nitrogens with zero attached hydrogens (tertiary/aromatic N) is 2. The third-order valence-electron chi connectivity index (χ3n) is 13.1. The summed E-state index contributed by atoms with van der Waals surface area (Å²) in [6.45, 7) is 6.83. The van der Waals surface area contributed by atoms with Crippen LogP contribution in [0.15, 0.2) is 150 Å². The second kappa shape index (κ2) is 10.8. The van der Waals surface area contributed by atoms with Gasteiger partial charge in [0.15, 0.2) is 0 Å². The van der Waals surface area contributed by atoms with Crippen molar-refractivity contribution < 1.29 is 4.42 Å². The molecule has 0 atom stereocenters. The zero-order valence-electron chi connectivity index (χ0n) is 32.1. The summed E-state index contributed by atoms with van der Waals surface area (Å²) in [6.07, 6.45) is 0. The molecule has 12 aromatic rings. The number of hydrogen-bond donors (Lipinski definition) is 0. The molecule has 272 valence electrons. The Kier molecular flexibility index (Phi) is 5.90. The van der Waals surface area contributed by atoms with E-state index >= 15 is 0 Å². The molecule has 0 amide bonds. The molecule has 0 saturated carbocycles. The summed E-state index contributed by atoms with van der Waals surface area (Å²) in [5, 5.41) is 9.99. The number of rotatable bonds is 1. The van der Waals surface area contributed by atoms with E-state index in [2.05, 4.69) is 176 Å². The van der Waals surface area contributed by atoms with E-state index < -0.39 is 0 Å². The van der Waals surface area contributed by atoms with Crippen molar-refractivity contribution in [1.82, 2.24) is 4.57 Å². The van der Waals surface area contributed by atoms with E-state index in [0.717, 1.165) is 21.9 Å². The van der Waals surface area contributed by atoms with Gasteiger partial charge in [-0.15, -0.1) is 22.7 Å². The van der Waals surface area contributed by atoms with Gasteiger partial charge in [-0.05, 0) is 94.2 Å². The fourth-order valence-electron chi connectivity index (χ4n) is 10.5. The summed E-state index contributed by atoms with van der Waals surface area (Å²) in [4.78, 5) is 2.67. The zero-order chi connectivity index (χ0) is 38.2. The molecule has 6 heteroatoms. The van der Waals surface area contributed by atoms with Gasteiger partial charge < -0.3 is 13.8 Å². The maximum Gasteiger partial charge on any atom is 0.333 e. The van der Waals surface area contributed by atoms with Gasteiger partial charge in [-0.2, -0.15) is 0 Å². The highest BCUT2D eigenvalue weighted by atomic mass is 32.1. The van der Waals surface area contributed by atoms with E-state index in [1.807, 2.05) is 22.7 Å². The average Bonchev–Trinajstić information content (AvgIpc) is 4.00. The first-order valence-corrected chi connectivity index (χ1v) is 21.7. The lowest BCUT2D eigenvalue weighted by Crippen LogP contribution is -2.60. The number of fused-ring (bicyclic) bond motifs is 18. The molecule has 58 heavy (non-hydrogen) atoms. The predicted molar refractivity (Wildman–Crippen MR) is 252 cm³/mol. The first-order chi connectivity index (χ1) is 28.4. The van der Waals surface area contributed by atoms with Gasteiger partial charge >= 0.3 is 6.85 Å². The van der Waals surface area contributed by atoms with Crippen LogP contribution in [-0.2, 0) is 5.41 Å². The van der Waals surface area contributed by atoms with Crippen LogP contribution >= 0.6 is 22.7 Å². The minimum Gasteiger partial charge on any atom is -0.455 e. The molecule has 2 aliphatic rings. The maximum absolute atomic E-state index is 6.83. The van der Waals surface area contributed by atoms with Crippen molar-refractivity contribution in [3.8, 4) is 16.8 Å². The van der Waals surface area contributed by atoms with Crippen LogP contribution < -0.4 is 15.7 Å². The van der Waals surface area contributed by atoms with Crippen LogP contribution in [0.5, 0.6) is 0 Å². The first-order valence-electron chi connectivity index (χ1n) is 20.1. The molecular formula is C52H33BN2OS2. The average molecular weight is 777 g/mol. The Morgan fingerprint density at radius 3 is 1.93 bits per heavy atom. The number of thiophene rings is 2. The summed E-state index contributed by atoms with van der Waals surface area (Å²) >= 11 is 3.80. The van der Waals surface area contributed by atoms with Gasteiger partial charge in [0.1, 0.15) is 11.2 Å². The second-order valence-corrected chi connectivity index (χ2v) is 19.4. The standard InChI is InChI=1S/C52H33BN2OS2/c1-52(2,3)28-16-18-29(19-17-28)55-41-24-37-31-11-5-8-14-44(31)57-46(37)26-36(41)33-20-21-35-48-40(23-22-34-30-10-4-7-13-43(30)56-51(34)48)54-42-25-38-32-12-6-9-15-45(32)58-47(38)27-39(42)53(55)49(33)50(35)54/h4-27H,1-3H3. The van der Waals surface area contributed by atoms with Gasteiger partial charge in [0.25, 0.3) is 0 Å². The van der Waals surface area contributed by atoms with Crippen molar-refractivity contribution in [3.63, 3.8) is 0 Å². The minimum atomic E-state index is -0.0679. The lowest BCUT2D eigenvalue weighted by molar-refractivity contribution is 0.590. The molecule has 14 rings (SSSR count). The van der Waals surface area contributed by atoms with Gasteiger partial charge in [0, 0.05) is 79.1 Å². The van der Waals surface area contributed by atoms with Gasteiger partial charge in [-0.3, -0.25) is 0 Å². The molecule has 0 radical (unpaired) electrons. The molecule has 0 fully saturated rings. The number of aromatic nitrogens is 1. The summed E-state index contributed by atoms with van der Waals surface area (Å²) < 4.78 is 14.7. The fourth-order valence-corrected chi connectivity index (χ4v) is 12.8. The molecule has 6 heterocycles.